The van der Waals surface area contributed by atoms with Crippen LogP contribution in [0.4, 0.5) is 0 Å². The van der Waals surface area contributed by atoms with Crippen LogP contribution < -0.4 is 0 Å². The zero-order valence-electron chi connectivity index (χ0n) is 9.17. The van der Waals surface area contributed by atoms with E-state index in [-0.39, 0.29) is 12.4 Å². The molecule has 1 rings (SSSR count). The molecule has 0 bridgehead atoms. The minimum Gasteiger partial charge on any atom is -0.374 e. The van der Waals surface area contributed by atoms with Gasteiger partial charge >= 0.3 is 0 Å². The molecule has 0 aromatic carbocycles. The van der Waals surface area contributed by atoms with Gasteiger partial charge in [-0.3, -0.25) is 4.79 Å². The molecule has 0 aromatic heterocycles. The molecule has 1 saturated heterocycles. The second-order valence-electron chi connectivity index (χ2n) is 4.01. The zero-order valence-corrected chi connectivity index (χ0v) is 9.17. The minimum atomic E-state index is -0.577. The van der Waals surface area contributed by atoms with E-state index in [0.29, 0.717) is 13.2 Å². The van der Waals surface area contributed by atoms with Gasteiger partial charge in [-0.1, -0.05) is 6.92 Å². The molecule has 82 valence electrons. The summed E-state index contributed by atoms with van der Waals surface area (Å²) in [5, 5.41) is 0. The van der Waals surface area contributed by atoms with Crippen molar-refractivity contribution in [2.24, 2.45) is 0 Å². The molecule has 1 fully saturated rings. The number of Topliss-reactive ketones (excluding diaryl/α,β-unsaturated/α-hetero) is 1. The Morgan fingerprint density at radius 3 is 2.86 bits per heavy atom. The molecule has 3 nitrogen and oxygen atoms in total. The molecule has 1 unspecified atom stereocenters. The van der Waals surface area contributed by atoms with E-state index in [1.54, 1.807) is 0 Å². The van der Waals surface area contributed by atoms with Crippen LogP contribution >= 0.6 is 0 Å². The van der Waals surface area contributed by atoms with Gasteiger partial charge in [0.2, 0.25) is 0 Å². The lowest BCUT2D eigenvalue weighted by molar-refractivity contribution is -0.152. The van der Waals surface area contributed by atoms with Crippen LogP contribution in [0.3, 0.4) is 0 Å². The van der Waals surface area contributed by atoms with Gasteiger partial charge in [-0.25, -0.2) is 0 Å². The quantitative estimate of drug-likeness (QED) is 0.636. The number of ketones is 1. The van der Waals surface area contributed by atoms with Crippen LogP contribution in [0.15, 0.2) is 0 Å². The Morgan fingerprint density at radius 2 is 2.29 bits per heavy atom. The average Bonchev–Trinajstić information content (AvgIpc) is 2.19. The Morgan fingerprint density at radius 1 is 1.50 bits per heavy atom. The number of ether oxygens (including phenoxy) is 2. The van der Waals surface area contributed by atoms with Crippen LogP contribution in [-0.4, -0.2) is 31.2 Å². The predicted octanol–water partition coefficient (Wildman–Crippen LogP) is 1.94. The molecule has 0 aliphatic carbocycles. The van der Waals surface area contributed by atoms with E-state index in [4.69, 9.17) is 9.47 Å². The van der Waals surface area contributed by atoms with Crippen molar-refractivity contribution in [2.75, 3.05) is 19.8 Å². The average molecular weight is 200 g/mol. The Labute approximate surface area is 85.8 Å². The monoisotopic (exact) mass is 200 g/mol. The number of carbonyl (C=O) groups excluding carboxylic acids is 1. The Hall–Kier alpha value is -0.410. The van der Waals surface area contributed by atoms with Crippen LogP contribution in [0.25, 0.3) is 0 Å². The highest BCUT2D eigenvalue weighted by Crippen LogP contribution is 2.25. The molecule has 0 N–H and O–H groups in total. The molecule has 0 aromatic rings. The van der Waals surface area contributed by atoms with E-state index in [2.05, 4.69) is 0 Å². The molecule has 1 atom stereocenters. The third-order valence-electron chi connectivity index (χ3n) is 2.64. The van der Waals surface area contributed by atoms with E-state index in [0.717, 1.165) is 25.7 Å². The highest BCUT2D eigenvalue weighted by Gasteiger charge is 2.35. The molecular formula is C11H20O3. The van der Waals surface area contributed by atoms with Gasteiger partial charge in [0.25, 0.3) is 0 Å². The van der Waals surface area contributed by atoms with Crippen molar-refractivity contribution in [3.63, 3.8) is 0 Å². The van der Waals surface area contributed by atoms with Crippen molar-refractivity contribution in [3.05, 3.63) is 0 Å². The molecule has 1 heterocycles. The van der Waals surface area contributed by atoms with Crippen LogP contribution in [0, 0.1) is 0 Å². The van der Waals surface area contributed by atoms with Crippen LogP contribution in [-0.2, 0) is 14.3 Å². The van der Waals surface area contributed by atoms with Gasteiger partial charge in [0.15, 0.2) is 5.78 Å². The lowest BCUT2D eigenvalue weighted by Crippen LogP contribution is -2.43. The highest BCUT2D eigenvalue weighted by molar-refractivity contribution is 5.88. The summed E-state index contributed by atoms with van der Waals surface area (Å²) in [4.78, 5) is 11.7. The topological polar surface area (TPSA) is 35.5 Å². The third-order valence-corrected chi connectivity index (χ3v) is 2.64. The molecule has 0 amide bonds. The number of rotatable bonds is 5. The Balaban J connectivity index is 2.33. The summed E-state index contributed by atoms with van der Waals surface area (Å²) in [5.74, 6) is 0.0886. The summed E-state index contributed by atoms with van der Waals surface area (Å²) in [5.41, 5.74) is -0.577. The highest BCUT2D eigenvalue weighted by atomic mass is 16.5. The van der Waals surface area contributed by atoms with E-state index in [1.165, 1.54) is 0 Å². The summed E-state index contributed by atoms with van der Waals surface area (Å²) >= 11 is 0. The maximum absolute atomic E-state index is 11.7. The van der Waals surface area contributed by atoms with Crippen LogP contribution in [0.2, 0.25) is 0 Å². The third kappa shape index (κ3) is 3.07. The fraction of sp³-hybridized carbons (Fsp3) is 0.909. The summed E-state index contributed by atoms with van der Waals surface area (Å²) in [7, 11) is 0. The fourth-order valence-corrected chi connectivity index (χ4v) is 1.62. The molecule has 0 spiro atoms. The standard InChI is InChI=1S/C11H20O3/c1-3-7-13-9-10(12)11(2)6-4-5-8-14-11/h3-9H2,1-2H3. The van der Waals surface area contributed by atoms with E-state index in [9.17, 15) is 4.79 Å². The van der Waals surface area contributed by atoms with Gasteiger partial charge in [0.1, 0.15) is 12.2 Å². The van der Waals surface area contributed by atoms with Crippen molar-refractivity contribution < 1.29 is 14.3 Å². The number of hydrogen-bond acceptors (Lipinski definition) is 3. The van der Waals surface area contributed by atoms with Crippen LogP contribution in [0.1, 0.15) is 39.5 Å². The van der Waals surface area contributed by atoms with Gasteiger partial charge in [-0.15, -0.1) is 0 Å². The lowest BCUT2D eigenvalue weighted by atomic mass is 9.92. The smallest absolute Gasteiger partial charge is 0.189 e. The molecule has 1 aliphatic heterocycles. The van der Waals surface area contributed by atoms with Crippen molar-refractivity contribution in [1.82, 2.24) is 0 Å². The molecule has 0 saturated carbocycles. The molecule has 1 aliphatic rings. The first-order valence-electron chi connectivity index (χ1n) is 5.44. The predicted molar refractivity (Wildman–Crippen MR) is 54.3 cm³/mol. The first kappa shape index (κ1) is 11.7. The minimum absolute atomic E-state index is 0.0886. The Bertz CT molecular complexity index is 183. The summed E-state index contributed by atoms with van der Waals surface area (Å²) < 4.78 is 10.8. The van der Waals surface area contributed by atoms with Crippen molar-refractivity contribution in [2.45, 2.75) is 45.1 Å². The van der Waals surface area contributed by atoms with Crippen LogP contribution in [0.5, 0.6) is 0 Å². The maximum Gasteiger partial charge on any atom is 0.189 e. The summed E-state index contributed by atoms with van der Waals surface area (Å²) in [6, 6.07) is 0. The van der Waals surface area contributed by atoms with Gasteiger partial charge in [-0.05, 0) is 32.6 Å². The van der Waals surface area contributed by atoms with E-state index >= 15 is 0 Å². The number of carbonyl (C=O) groups is 1. The van der Waals surface area contributed by atoms with Gasteiger partial charge in [-0.2, -0.15) is 0 Å². The number of hydrogen-bond donors (Lipinski definition) is 0. The van der Waals surface area contributed by atoms with Crippen molar-refractivity contribution >= 4 is 5.78 Å². The molecule has 3 heteroatoms. The van der Waals surface area contributed by atoms with Gasteiger partial charge < -0.3 is 9.47 Å². The largest absolute Gasteiger partial charge is 0.374 e. The molecular weight excluding hydrogens is 180 g/mol. The first-order valence-corrected chi connectivity index (χ1v) is 5.44. The fourth-order valence-electron chi connectivity index (χ4n) is 1.62. The Kier molecular flexibility index (Phi) is 4.55. The van der Waals surface area contributed by atoms with Gasteiger partial charge in [0.05, 0.1) is 0 Å². The zero-order chi connectivity index (χ0) is 10.4. The normalized spacial score (nSPS) is 27.6. The second-order valence-corrected chi connectivity index (χ2v) is 4.01. The summed E-state index contributed by atoms with van der Waals surface area (Å²) in [6.07, 6.45) is 3.93. The SMILES string of the molecule is CCCOCC(=O)C1(C)CCCCO1. The van der Waals surface area contributed by atoms with Crippen molar-refractivity contribution in [3.8, 4) is 0 Å². The van der Waals surface area contributed by atoms with Gasteiger partial charge in [0, 0.05) is 13.2 Å². The lowest BCUT2D eigenvalue weighted by Gasteiger charge is -2.32. The molecule has 14 heavy (non-hydrogen) atoms. The van der Waals surface area contributed by atoms with Crippen molar-refractivity contribution in [1.29, 1.82) is 0 Å². The molecule has 0 radical (unpaired) electrons. The van der Waals surface area contributed by atoms with E-state index < -0.39 is 5.60 Å². The maximum atomic E-state index is 11.7. The summed E-state index contributed by atoms with van der Waals surface area (Å²) in [6.45, 7) is 5.47. The second kappa shape index (κ2) is 5.47. The van der Waals surface area contributed by atoms with E-state index in [1.807, 2.05) is 13.8 Å². The first-order chi connectivity index (χ1) is 6.69.